The molecule has 0 saturated carbocycles. The molecule has 0 saturated heterocycles. The molecule has 2 spiro atoms. The number of para-hydroxylation sites is 1. The van der Waals surface area contributed by atoms with Crippen LogP contribution in [0.25, 0.3) is 67.3 Å². The van der Waals surface area contributed by atoms with E-state index in [2.05, 4.69) is 243 Å². The van der Waals surface area contributed by atoms with Gasteiger partial charge in [-0.05, 0) is 91.0 Å². The second kappa shape index (κ2) is 15.3. The fourth-order valence-electron chi connectivity index (χ4n) is 12.0. The highest BCUT2D eigenvalue weighted by Gasteiger charge is 2.58. The summed E-state index contributed by atoms with van der Waals surface area (Å²) >= 11 is 0. The van der Waals surface area contributed by atoms with Crippen molar-refractivity contribution in [2.24, 2.45) is 0 Å². The number of rotatable bonds is 5. The molecule has 0 amide bonds. The van der Waals surface area contributed by atoms with Crippen LogP contribution in [0.3, 0.4) is 0 Å². The molecule has 14 rings (SSSR count). The van der Waals surface area contributed by atoms with Crippen LogP contribution in [0.2, 0.25) is 0 Å². The van der Waals surface area contributed by atoms with Crippen LogP contribution < -0.4 is 4.74 Å². The predicted octanol–water partition coefficient (Wildman–Crippen LogP) is 16.0. The van der Waals surface area contributed by atoms with E-state index in [0.29, 0.717) is 5.82 Å². The predicted molar refractivity (Wildman–Crippen MR) is 278 cm³/mol. The Balaban J connectivity index is 0.927. The molecule has 0 N–H and O–H groups in total. The SMILES string of the molecule is c1ccc(-c2ccc(-c3cc(-c4ccccc4)nc(-c4cccc(-c5ccc6c(c5)Oc5ccccc5C65c6ccccc6C6(c7ccccc7-c7ccccc76)c6ccccc65)c4)n3)cc2)cc1. The number of hydrogen-bond acceptors (Lipinski definition) is 3. The van der Waals surface area contributed by atoms with E-state index in [1.165, 1.54) is 55.6 Å². The normalized spacial score (nSPS) is 13.9. The van der Waals surface area contributed by atoms with Crippen LogP contribution in [-0.4, -0.2) is 9.97 Å². The maximum Gasteiger partial charge on any atom is 0.160 e. The van der Waals surface area contributed by atoms with Crippen molar-refractivity contribution in [1.29, 1.82) is 0 Å². The molecule has 0 bridgehead atoms. The number of fused-ring (bicyclic) bond motifs is 15. The Kier molecular flexibility index (Phi) is 8.71. The second-order valence-corrected chi connectivity index (χ2v) is 18.3. The molecule has 2 heterocycles. The average molecular weight is 879 g/mol. The third-order valence-corrected chi connectivity index (χ3v) is 14.9. The van der Waals surface area contributed by atoms with Crippen molar-refractivity contribution < 1.29 is 4.74 Å². The van der Waals surface area contributed by atoms with E-state index in [-0.39, 0.29) is 0 Å². The van der Waals surface area contributed by atoms with E-state index in [0.717, 1.165) is 61.8 Å². The van der Waals surface area contributed by atoms with Gasteiger partial charge in [-0.3, -0.25) is 0 Å². The van der Waals surface area contributed by atoms with Crippen molar-refractivity contribution in [3.05, 3.63) is 299 Å². The van der Waals surface area contributed by atoms with Crippen molar-refractivity contribution in [2.45, 2.75) is 10.8 Å². The fraction of sp³-hybridized carbons (Fsp3) is 0.0303. The highest BCUT2D eigenvalue weighted by Crippen LogP contribution is 2.67. The molecule has 10 aromatic carbocycles. The van der Waals surface area contributed by atoms with Gasteiger partial charge in [0.15, 0.2) is 5.82 Å². The van der Waals surface area contributed by atoms with Crippen LogP contribution in [0.1, 0.15) is 44.5 Å². The van der Waals surface area contributed by atoms with Crippen LogP contribution >= 0.6 is 0 Å². The Hall–Kier alpha value is -8.92. The summed E-state index contributed by atoms with van der Waals surface area (Å²) in [5, 5.41) is 0. The fourth-order valence-corrected chi connectivity index (χ4v) is 12.0. The quantitative estimate of drug-likeness (QED) is 0.173. The lowest BCUT2D eigenvalue weighted by Crippen LogP contribution is -2.45. The van der Waals surface area contributed by atoms with Crippen molar-refractivity contribution in [1.82, 2.24) is 9.97 Å². The lowest BCUT2D eigenvalue weighted by Gasteiger charge is -2.51. The first-order valence-electron chi connectivity index (χ1n) is 23.7. The van der Waals surface area contributed by atoms with Gasteiger partial charge in [-0.1, -0.05) is 231 Å². The molecule has 1 aliphatic heterocycles. The van der Waals surface area contributed by atoms with Gasteiger partial charge >= 0.3 is 0 Å². The Bertz CT molecular complexity index is 3720. The van der Waals surface area contributed by atoms with Gasteiger partial charge in [0.25, 0.3) is 0 Å². The monoisotopic (exact) mass is 878 g/mol. The van der Waals surface area contributed by atoms with Gasteiger partial charge in [-0.25, -0.2) is 9.97 Å². The molecule has 0 radical (unpaired) electrons. The zero-order valence-electron chi connectivity index (χ0n) is 37.6. The summed E-state index contributed by atoms with van der Waals surface area (Å²) in [5.74, 6) is 2.37. The molecular weight excluding hydrogens is 837 g/mol. The first-order valence-corrected chi connectivity index (χ1v) is 23.7. The maximum absolute atomic E-state index is 7.08. The summed E-state index contributed by atoms with van der Waals surface area (Å²) in [7, 11) is 0. The van der Waals surface area contributed by atoms with E-state index in [9.17, 15) is 0 Å². The lowest BCUT2D eigenvalue weighted by atomic mass is 9.51. The number of benzene rings is 10. The summed E-state index contributed by atoms with van der Waals surface area (Å²) in [6.45, 7) is 0. The minimum absolute atomic E-state index is 0.509. The Morgan fingerprint density at radius 2 is 0.638 bits per heavy atom. The minimum atomic E-state index is -0.670. The van der Waals surface area contributed by atoms with E-state index in [4.69, 9.17) is 14.7 Å². The van der Waals surface area contributed by atoms with Gasteiger partial charge in [0.2, 0.25) is 0 Å². The molecule has 0 fully saturated rings. The van der Waals surface area contributed by atoms with Gasteiger partial charge < -0.3 is 4.74 Å². The number of aromatic nitrogens is 2. The van der Waals surface area contributed by atoms with Gasteiger partial charge in [0, 0.05) is 27.8 Å². The molecule has 3 nitrogen and oxygen atoms in total. The molecule has 11 aromatic rings. The molecule has 3 heteroatoms. The molecule has 2 aliphatic carbocycles. The van der Waals surface area contributed by atoms with E-state index < -0.39 is 10.8 Å². The van der Waals surface area contributed by atoms with Gasteiger partial charge in [0.1, 0.15) is 11.5 Å². The Morgan fingerprint density at radius 1 is 0.246 bits per heavy atom. The van der Waals surface area contributed by atoms with Crippen LogP contribution in [0.15, 0.2) is 255 Å². The smallest absolute Gasteiger partial charge is 0.160 e. The molecular formula is C66H42N2O. The molecule has 1 aromatic heterocycles. The van der Waals surface area contributed by atoms with Crippen LogP contribution in [0.4, 0.5) is 0 Å². The van der Waals surface area contributed by atoms with Gasteiger partial charge in [-0.2, -0.15) is 0 Å². The summed E-state index contributed by atoms with van der Waals surface area (Å²) < 4.78 is 7.08. The highest BCUT2D eigenvalue weighted by molar-refractivity contribution is 5.90. The number of ether oxygens (including phenoxy) is 1. The summed E-state index contributed by atoms with van der Waals surface area (Å²) in [5.41, 5.74) is 20.6. The third kappa shape index (κ3) is 5.74. The Labute approximate surface area is 401 Å². The summed E-state index contributed by atoms with van der Waals surface area (Å²) in [6.07, 6.45) is 0. The van der Waals surface area contributed by atoms with Crippen LogP contribution in [-0.2, 0) is 10.8 Å². The van der Waals surface area contributed by atoms with Crippen molar-refractivity contribution in [2.75, 3.05) is 0 Å². The first-order chi connectivity index (χ1) is 34.2. The van der Waals surface area contributed by atoms with E-state index in [1.54, 1.807) is 0 Å². The molecule has 322 valence electrons. The van der Waals surface area contributed by atoms with E-state index >= 15 is 0 Å². The van der Waals surface area contributed by atoms with Crippen molar-refractivity contribution in [3.63, 3.8) is 0 Å². The van der Waals surface area contributed by atoms with Crippen LogP contribution in [0, 0.1) is 0 Å². The van der Waals surface area contributed by atoms with Crippen molar-refractivity contribution >= 4 is 0 Å². The second-order valence-electron chi connectivity index (χ2n) is 18.3. The largest absolute Gasteiger partial charge is 0.457 e. The molecule has 3 aliphatic rings. The molecule has 69 heavy (non-hydrogen) atoms. The number of hydrogen-bond donors (Lipinski definition) is 0. The highest BCUT2D eigenvalue weighted by atomic mass is 16.5. The molecule has 0 atom stereocenters. The zero-order valence-corrected chi connectivity index (χ0v) is 37.6. The maximum atomic E-state index is 7.08. The van der Waals surface area contributed by atoms with Gasteiger partial charge in [-0.15, -0.1) is 0 Å². The number of nitrogens with zero attached hydrogens (tertiary/aromatic N) is 2. The first kappa shape index (κ1) is 39.3. The third-order valence-electron chi connectivity index (χ3n) is 14.9. The summed E-state index contributed by atoms with van der Waals surface area (Å²) in [6, 6.07) is 92.1. The topological polar surface area (TPSA) is 35.0 Å². The standard InChI is InChI=1S/C66H42N2O/c1-3-18-43(19-4-1)44-34-36-46(37-35-44)61-42-60(45-20-5-2-6-21-45)67-64(68-61)49-23-17-22-47(40-49)48-38-39-59-63(41-48)69-62-33-16-15-32-58(62)66(59)56-30-13-11-28-54(56)65(55-29-12-14-31-57(55)66)52-26-9-7-24-50(52)51-25-8-10-27-53(51)65/h1-42H. The average Bonchev–Trinajstić information content (AvgIpc) is 3.73. The lowest BCUT2D eigenvalue weighted by molar-refractivity contribution is 0.429. The minimum Gasteiger partial charge on any atom is -0.457 e. The van der Waals surface area contributed by atoms with Crippen LogP contribution in [0.5, 0.6) is 11.5 Å². The zero-order chi connectivity index (χ0) is 45.5. The van der Waals surface area contributed by atoms with E-state index in [1.807, 2.05) is 12.1 Å². The van der Waals surface area contributed by atoms with Gasteiger partial charge in [0.05, 0.1) is 22.2 Å². The molecule has 0 unspecified atom stereocenters. The van der Waals surface area contributed by atoms with Crippen molar-refractivity contribution in [3.8, 4) is 78.8 Å². The summed E-state index contributed by atoms with van der Waals surface area (Å²) in [4.78, 5) is 10.5. The Morgan fingerprint density at radius 3 is 1.25 bits per heavy atom.